The highest BCUT2D eigenvalue weighted by Crippen LogP contribution is 2.30. The van der Waals surface area contributed by atoms with Gasteiger partial charge >= 0.3 is 6.09 Å². The van der Waals surface area contributed by atoms with Crippen molar-refractivity contribution in [2.45, 2.75) is 32.4 Å². The average Bonchev–Trinajstić information content (AvgIpc) is 2.37. The SMILES string of the molecule is CC(C)(C)OC(=O)N1CCNCC1c1c(Cl)ccnc1F. The molecule has 116 valence electrons. The number of amides is 1. The van der Waals surface area contributed by atoms with E-state index in [0.29, 0.717) is 19.6 Å². The number of halogens is 2. The molecule has 0 radical (unpaired) electrons. The second kappa shape index (κ2) is 6.15. The third-order valence-corrected chi connectivity index (χ3v) is 3.42. The highest BCUT2D eigenvalue weighted by Gasteiger charge is 2.34. The fourth-order valence-corrected chi connectivity index (χ4v) is 2.48. The van der Waals surface area contributed by atoms with E-state index < -0.39 is 23.7 Å². The largest absolute Gasteiger partial charge is 0.444 e. The van der Waals surface area contributed by atoms with Crippen LogP contribution in [0, 0.1) is 5.95 Å². The molecule has 1 saturated heterocycles. The topological polar surface area (TPSA) is 54.5 Å². The molecule has 2 heterocycles. The monoisotopic (exact) mass is 315 g/mol. The lowest BCUT2D eigenvalue weighted by Crippen LogP contribution is -2.50. The van der Waals surface area contributed by atoms with Crippen molar-refractivity contribution in [1.29, 1.82) is 0 Å². The molecule has 0 spiro atoms. The molecule has 21 heavy (non-hydrogen) atoms. The molecule has 0 saturated carbocycles. The Kier molecular flexibility index (Phi) is 4.68. The number of hydrogen-bond acceptors (Lipinski definition) is 4. The minimum absolute atomic E-state index is 0.220. The molecule has 1 fully saturated rings. The van der Waals surface area contributed by atoms with Crippen LogP contribution in [0.4, 0.5) is 9.18 Å². The smallest absolute Gasteiger partial charge is 0.410 e. The summed E-state index contributed by atoms with van der Waals surface area (Å²) < 4.78 is 19.4. The molecule has 5 nitrogen and oxygen atoms in total. The van der Waals surface area contributed by atoms with Crippen molar-refractivity contribution in [3.63, 3.8) is 0 Å². The highest BCUT2D eigenvalue weighted by atomic mass is 35.5. The first-order valence-electron chi connectivity index (χ1n) is 6.80. The number of rotatable bonds is 1. The van der Waals surface area contributed by atoms with E-state index in [2.05, 4.69) is 10.3 Å². The number of hydrogen-bond donors (Lipinski definition) is 1. The lowest BCUT2D eigenvalue weighted by molar-refractivity contribution is 0.0114. The van der Waals surface area contributed by atoms with E-state index in [1.165, 1.54) is 17.2 Å². The Labute approximate surface area is 128 Å². The second-order valence-electron chi connectivity index (χ2n) is 5.89. The van der Waals surface area contributed by atoms with Crippen molar-refractivity contribution in [2.24, 2.45) is 0 Å². The summed E-state index contributed by atoms with van der Waals surface area (Å²) in [6.45, 7) is 6.82. The zero-order valence-corrected chi connectivity index (χ0v) is 13.1. The standard InChI is InChI=1S/C14H19ClFN3O2/c1-14(2,3)21-13(20)19-7-6-17-8-10(19)11-9(15)4-5-18-12(11)16/h4-5,10,17H,6-8H2,1-3H3. The van der Waals surface area contributed by atoms with Crippen molar-refractivity contribution in [3.8, 4) is 0 Å². The maximum Gasteiger partial charge on any atom is 0.410 e. The summed E-state index contributed by atoms with van der Waals surface area (Å²) in [5, 5.41) is 3.39. The maximum absolute atomic E-state index is 14.0. The van der Waals surface area contributed by atoms with Crippen LogP contribution in [-0.4, -0.2) is 41.2 Å². The van der Waals surface area contributed by atoms with Crippen LogP contribution in [-0.2, 0) is 4.74 Å². The number of ether oxygens (including phenoxy) is 1. The fraction of sp³-hybridized carbons (Fsp3) is 0.571. The number of nitrogens with zero attached hydrogens (tertiary/aromatic N) is 2. The van der Waals surface area contributed by atoms with Crippen LogP contribution in [0.3, 0.4) is 0 Å². The average molecular weight is 316 g/mol. The van der Waals surface area contributed by atoms with Crippen LogP contribution in [0.1, 0.15) is 32.4 Å². The summed E-state index contributed by atoms with van der Waals surface area (Å²) in [7, 11) is 0. The molecule has 0 aliphatic carbocycles. The molecule has 1 aliphatic heterocycles. The maximum atomic E-state index is 14.0. The van der Waals surface area contributed by atoms with Gasteiger partial charge in [-0.25, -0.2) is 9.78 Å². The van der Waals surface area contributed by atoms with Gasteiger partial charge in [0.25, 0.3) is 0 Å². The summed E-state index contributed by atoms with van der Waals surface area (Å²) in [5.41, 5.74) is -0.388. The zero-order valence-electron chi connectivity index (χ0n) is 12.3. The molecule has 1 N–H and O–H groups in total. The van der Waals surface area contributed by atoms with Crippen molar-refractivity contribution < 1.29 is 13.9 Å². The van der Waals surface area contributed by atoms with Crippen LogP contribution in [0.2, 0.25) is 5.02 Å². The number of aromatic nitrogens is 1. The van der Waals surface area contributed by atoms with Gasteiger partial charge in [-0.05, 0) is 26.8 Å². The van der Waals surface area contributed by atoms with Crippen molar-refractivity contribution in [2.75, 3.05) is 19.6 Å². The summed E-state index contributed by atoms with van der Waals surface area (Å²) in [6, 6.07) is 0.983. The van der Waals surface area contributed by atoms with Gasteiger partial charge in [-0.15, -0.1) is 0 Å². The third-order valence-electron chi connectivity index (χ3n) is 3.09. The molecule has 7 heteroatoms. The summed E-state index contributed by atoms with van der Waals surface area (Å²) in [5.74, 6) is -0.662. The summed E-state index contributed by atoms with van der Waals surface area (Å²) in [6.07, 6.45) is 0.822. The lowest BCUT2D eigenvalue weighted by Gasteiger charge is -2.37. The third kappa shape index (κ3) is 3.83. The van der Waals surface area contributed by atoms with Gasteiger partial charge in [-0.2, -0.15) is 4.39 Å². The first kappa shape index (κ1) is 16.0. The highest BCUT2D eigenvalue weighted by molar-refractivity contribution is 6.31. The van der Waals surface area contributed by atoms with Gasteiger partial charge in [-0.3, -0.25) is 4.90 Å². The second-order valence-corrected chi connectivity index (χ2v) is 6.30. The van der Waals surface area contributed by atoms with E-state index in [9.17, 15) is 9.18 Å². The summed E-state index contributed by atoms with van der Waals surface area (Å²) >= 11 is 6.08. The molecule has 2 rings (SSSR count). The Balaban J connectivity index is 2.29. The van der Waals surface area contributed by atoms with E-state index in [-0.39, 0.29) is 10.6 Å². The van der Waals surface area contributed by atoms with Gasteiger partial charge < -0.3 is 10.1 Å². The quantitative estimate of drug-likeness (QED) is 0.810. The van der Waals surface area contributed by atoms with Gasteiger partial charge in [0.1, 0.15) is 5.60 Å². The molecule has 0 aromatic carbocycles. The fourth-order valence-electron chi connectivity index (χ4n) is 2.22. The van der Waals surface area contributed by atoms with E-state index in [1.54, 1.807) is 20.8 Å². The lowest BCUT2D eigenvalue weighted by atomic mass is 10.1. The molecule has 1 atom stereocenters. The van der Waals surface area contributed by atoms with E-state index in [0.717, 1.165) is 0 Å². The zero-order chi connectivity index (χ0) is 15.6. The van der Waals surface area contributed by atoms with Crippen LogP contribution in [0.25, 0.3) is 0 Å². The number of piperazine rings is 1. The molecular formula is C14H19ClFN3O2. The Morgan fingerprint density at radius 1 is 1.57 bits per heavy atom. The van der Waals surface area contributed by atoms with Gasteiger partial charge in [0.2, 0.25) is 5.95 Å². The van der Waals surface area contributed by atoms with Gasteiger partial charge in [0, 0.05) is 31.4 Å². The van der Waals surface area contributed by atoms with E-state index in [4.69, 9.17) is 16.3 Å². The first-order valence-corrected chi connectivity index (χ1v) is 7.17. The Hall–Kier alpha value is -1.40. The normalized spacial score (nSPS) is 19.5. The molecule has 1 aromatic rings. The van der Waals surface area contributed by atoms with Gasteiger partial charge in [0.05, 0.1) is 11.1 Å². The predicted octanol–water partition coefficient (Wildman–Crippen LogP) is 2.76. The number of carbonyl (C=O) groups is 1. The van der Waals surface area contributed by atoms with E-state index in [1.807, 2.05) is 0 Å². The van der Waals surface area contributed by atoms with Crippen molar-refractivity contribution in [3.05, 3.63) is 28.8 Å². The number of carbonyl (C=O) groups excluding carboxylic acids is 1. The molecular weight excluding hydrogens is 297 g/mol. The first-order chi connectivity index (χ1) is 9.79. The van der Waals surface area contributed by atoms with Crippen LogP contribution in [0.15, 0.2) is 12.3 Å². The molecule has 0 bridgehead atoms. The number of nitrogens with one attached hydrogen (secondary N) is 1. The Morgan fingerprint density at radius 2 is 2.29 bits per heavy atom. The van der Waals surface area contributed by atoms with Crippen LogP contribution in [0.5, 0.6) is 0 Å². The Morgan fingerprint density at radius 3 is 2.90 bits per heavy atom. The molecule has 1 aromatic heterocycles. The van der Waals surface area contributed by atoms with Gasteiger partial charge in [0.15, 0.2) is 0 Å². The molecule has 1 unspecified atom stereocenters. The van der Waals surface area contributed by atoms with Crippen molar-refractivity contribution >= 4 is 17.7 Å². The van der Waals surface area contributed by atoms with E-state index >= 15 is 0 Å². The molecule has 1 aliphatic rings. The van der Waals surface area contributed by atoms with Crippen LogP contribution < -0.4 is 5.32 Å². The van der Waals surface area contributed by atoms with Crippen molar-refractivity contribution in [1.82, 2.24) is 15.2 Å². The summed E-state index contributed by atoms with van der Waals surface area (Å²) in [4.78, 5) is 17.4. The Bertz CT molecular complexity index is 513. The van der Waals surface area contributed by atoms with Crippen LogP contribution >= 0.6 is 11.6 Å². The predicted molar refractivity (Wildman–Crippen MR) is 77.8 cm³/mol. The minimum Gasteiger partial charge on any atom is -0.444 e. The minimum atomic E-state index is -0.662. The number of pyridine rings is 1. The molecule has 1 amide bonds. The van der Waals surface area contributed by atoms with Gasteiger partial charge in [-0.1, -0.05) is 11.6 Å².